The molecule has 0 radical (unpaired) electrons. The van der Waals surface area contributed by atoms with Crippen molar-refractivity contribution in [3.05, 3.63) is 12.2 Å². The first-order chi connectivity index (χ1) is 6.47. The largest absolute Gasteiger partial charge is 0.299 e. The molecular formula is C13H20O. The van der Waals surface area contributed by atoms with E-state index in [1.807, 2.05) is 0 Å². The van der Waals surface area contributed by atoms with Gasteiger partial charge in [0.1, 0.15) is 5.78 Å². The summed E-state index contributed by atoms with van der Waals surface area (Å²) in [5, 5.41) is 0. The lowest BCUT2D eigenvalue weighted by molar-refractivity contribution is -0.124. The predicted octanol–water partition coefficient (Wildman–Crippen LogP) is 3.20. The van der Waals surface area contributed by atoms with E-state index in [9.17, 15) is 4.79 Å². The summed E-state index contributed by atoms with van der Waals surface area (Å²) in [4.78, 5) is 11.9. The van der Waals surface area contributed by atoms with Crippen LogP contribution in [0.2, 0.25) is 0 Å². The Morgan fingerprint density at radius 2 is 2.14 bits per heavy atom. The van der Waals surface area contributed by atoms with Gasteiger partial charge in [-0.25, -0.2) is 0 Å². The van der Waals surface area contributed by atoms with E-state index in [0.29, 0.717) is 23.5 Å². The zero-order chi connectivity index (χ0) is 10.5. The van der Waals surface area contributed by atoms with Crippen LogP contribution in [-0.2, 0) is 4.79 Å². The van der Waals surface area contributed by atoms with Gasteiger partial charge < -0.3 is 0 Å². The molecule has 1 heteroatoms. The maximum atomic E-state index is 11.9. The van der Waals surface area contributed by atoms with Crippen molar-refractivity contribution in [2.45, 2.75) is 40.0 Å². The summed E-state index contributed by atoms with van der Waals surface area (Å²) in [7, 11) is 0. The maximum Gasteiger partial charge on any atom is 0.143 e. The van der Waals surface area contributed by atoms with Gasteiger partial charge in [0, 0.05) is 11.8 Å². The summed E-state index contributed by atoms with van der Waals surface area (Å²) < 4.78 is 0. The van der Waals surface area contributed by atoms with E-state index in [0.717, 1.165) is 12.8 Å². The summed E-state index contributed by atoms with van der Waals surface area (Å²) in [5.41, 5.74) is 1.07. The third-order valence-corrected chi connectivity index (χ3v) is 4.53. The number of Topliss-reactive ketones (excluding diaryl/α,β-unsaturated/α-hetero) is 1. The summed E-state index contributed by atoms with van der Waals surface area (Å²) in [6.07, 6.45) is 3.01. The molecule has 2 rings (SSSR count). The van der Waals surface area contributed by atoms with Gasteiger partial charge in [0.05, 0.1) is 0 Å². The Bertz CT molecular complexity index is 290. The van der Waals surface area contributed by atoms with Crippen LogP contribution in [0.15, 0.2) is 12.2 Å². The fourth-order valence-corrected chi connectivity index (χ4v) is 3.30. The average Bonchev–Trinajstić information content (AvgIpc) is 2.28. The van der Waals surface area contributed by atoms with Gasteiger partial charge in [0.2, 0.25) is 0 Å². The van der Waals surface area contributed by atoms with Crippen molar-refractivity contribution in [3.8, 4) is 0 Å². The molecule has 0 aromatic heterocycles. The highest BCUT2D eigenvalue weighted by molar-refractivity contribution is 5.91. The first-order valence-corrected chi connectivity index (χ1v) is 5.69. The third-order valence-electron chi connectivity index (χ3n) is 4.53. The van der Waals surface area contributed by atoms with Crippen LogP contribution in [0.25, 0.3) is 0 Å². The molecule has 2 fully saturated rings. The maximum absolute atomic E-state index is 11.9. The average molecular weight is 192 g/mol. The summed E-state index contributed by atoms with van der Waals surface area (Å²) in [6.45, 7) is 10.8. The highest BCUT2D eigenvalue weighted by Crippen LogP contribution is 2.55. The van der Waals surface area contributed by atoms with Crippen molar-refractivity contribution in [1.29, 1.82) is 0 Å². The highest BCUT2D eigenvalue weighted by atomic mass is 16.1. The molecule has 0 spiro atoms. The lowest BCUT2D eigenvalue weighted by atomic mass is 9.66. The SMILES string of the molecule is C=C1[C@H]2CC(=O)[C@]1(C)CC[C@@H]2C(C)C. The van der Waals surface area contributed by atoms with E-state index in [1.165, 1.54) is 12.0 Å². The molecule has 3 atom stereocenters. The fourth-order valence-electron chi connectivity index (χ4n) is 3.30. The van der Waals surface area contributed by atoms with Crippen molar-refractivity contribution in [2.24, 2.45) is 23.2 Å². The Morgan fingerprint density at radius 3 is 2.71 bits per heavy atom. The number of hydrogen-bond acceptors (Lipinski definition) is 1. The Kier molecular flexibility index (Phi) is 2.09. The molecule has 0 aromatic rings. The molecule has 0 heterocycles. The van der Waals surface area contributed by atoms with Crippen LogP contribution in [0.1, 0.15) is 40.0 Å². The van der Waals surface area contributed by atoms with Crippen molar-refractivity contribution in [3.63, 3.8) is 0 Å². The minimum Gasteiger partial charge on any atom is -0.299 e. The zero-order valence-electron chi connectivity index (χ0n) is 9.47. The highest BCUT2D eigenvalue weighted by Gasteiger charge is 2.52. The number of carbonyl (C=O) groups excluding carboxylic acids is 1. The van der Waals surface area contributed by atoms with Gasteiger partial charge in [0.25, 0.3) is 0 Å². The van der Waals surface area contributed by atoms with E-state index < -0.39 is 0 Å². The molecule has 2 saturated carbocycles. The number of fused-ring (bicyclic) bond motifs is 2. The molecule has 1 nitrogen and oxygen atoms in total. The summed E-state index contributed by atoms with van der Waals surface area (Å²) >= 11 is 0. The van der Waals surface area contributed by atoms with Crippen LogP contribution in [0.3, 0.4) is 0 Å². The zero-order valence-corrected chi connectivity index (χ0v) is 9.47. The number of hydrogen-bond donors (Lipinski definition) is 0. The number of allylic oxidation sites excluding steroid dienone is 1. The minimum atomic E-state index is -0.157. The molecule has 0 aliphatic heterocycles. The number of ketones is 1. The van der Waals surface area contributed by atoms with E-state index in [4.69, 9.17) is 0 Å². The first-order valence-electron chi connectivity index (χ1n) is 5.69. The Hall–Kier alpha value is -0.590. The topological polar surface area (TPSA) is 17.1 Å². The normalized spacial score (nSPS) is 42.3. The van der Waals surface area contributed by atoms with Crippen molar-refractivity contribution in [2.75, 3.05) is 0 Å². The second kappa shape index (κ2) is 2.95. The van der Waals surface area contributed by atoms with Crippen LogP contribution >= 0.6 is 0 Å². The molecule has 0 saturated heterocycles. The summed E-state index contributed by atoms with van der Waals surface area (Å²) in [5.74, 6) is 2.31. The van der Waals surface area contributed by atoms with Gasteiger partial charge in [-0.2, -0.15) is 0 Å². The van der Waals surface area contributed by atoms with E-state index in [2.05, 4.69) is 27.4 Å². The van der Waals surface area contributed by atoms with Crippen molar-refractivity contribution < 1.29 is 4.79 Å². The molecule has 0 aromatic carbocycles. The molecule has 2 bridgehead atoms. The van der Waals surface area contributed by atoms with Crippen molar-refractivity contribution >= 4 is 5.78 Å². The lowest BCUT2D eigenvalue weighted by Gasteiger charge is -2.37. The van der Waals surface area contributed by atoms with Crippen molar-refractivity contribution in [1.82, 2.24) is 0 Å². The smallest absolute Gasteiger partial charge is 0.143 e. The van der Waals surface area contributed by atoms with E-state index in [-0.39, 0.29) is 5.41 Å². The molecular weight excluding hydrogens is 172 g/mol. The number of rotatable bonds is 1. The molecule has 0 amide bonds. The van der Waals surface area contributed by atoms with Gasteiger partial charge >= 0.3 is 0 Å². The van der Waals surface area contributed by atoms with E-state index in [1.54, 1.807) is 0 Å². The van der Waals surface area contributed by atoms with Gasteiger partial charge in [-0.3, -0.25) is 4.79 Å². The Morgan fingerprint density at radius 1 is 1.50 bits per heavy atom. The summed E-state index contributed by atoms with van der Waals surface area (Å²) in [6, 6.07) is 0. The molecule has 2 aliphatic rings. The molecule has 14 heavy (non-hydrogen) atoms. The quantitative estimate of drug-likeness (QED) is 0.583. The van der Waals surface area contributed by atoms with Gasteiger partial charge in [-0.1, -0.05) is 26.0 Å². The van der Waals surface area contributed by atoms with Crippen LogP contribution in [0, 0.1) is 23.2 Å². The van der Waals surface area contributed by atoms with Crippen LogP contribution in [-0.4, -0.2) is 5.78 Å². The van der Waals surface area contributed by atoms with Crippen LogP contribution < -0.4 is 0 Å². The molecule has 78 valence electrons. The molecule has 0 N–H and O–H groups in total. The molecule has 0 unspecified atom stereocenters. The van der Waals surface area contributed by atoms with Crippen LogP contribution in [0.5, 0.6) is 0 Å². The van der Waals surface area contributed by atoms with Crippen LogP contribution in [0.4, 0.5) is 0 Å². The Labute approximate surface area is 86.6 Å². The van der Waals surface area contributed by atoms with Gasteiger partial charge in [0.15, 0.2) is 0 Å². The standard InChI is InChI=1S/C13H20O/c1-8(2)10-5-6-13(4)9(3)11(10)7-12(13)14/h8,10-11H,3,5-7H2,1-2,4H3/t10-,11-,13-/m1/s1. The fraction of sp³-hybridized carbons (Fsp3) is 0.769. The lowest BCUT2D eigenvalue weighted by Crippen LogP contribution is -2.31. The second-order valence-corrected chi connectivity index (χ2v) is 5.54. The van der Waals surface area contributed by atoms with Gasteiger partial charge in [-0.15, -0.1) is 0 Å². The molecule has 2 aliphatic carbocycles. The first kappa shape index (κ1) is 9.95. The number of carbonyl (C=O) groups is 1. The third kappa shape index (κ3) is 1.11. The Balaban J connectivity index is 2.31. The second-order valence-electron chi connectivity index (χ2n) is 5.54. The van der Waals surface area contributed by atoms with E-state index >= 15 is 0 Å². The monoisotopic (exact) mass is 192 g/mol. The van der Waals surface area contributed by atoms with Gasteiger partial charge in [-0.05, 0) is 37.5 Å². The minimum absolute atomic E-state index is 0.157. The predicted molar refractivity (Wildman–Crippen MR) is 57.9 cm³/mol.